The van der Waals surface area contributed by atoms with E-state index in [1.54, 1.807) is 0 Å². The summed E-state index contributed by atoms with van der Waals surface area (Å²) in [4.78, 5) is 12.7. The van der Waals surface area contributed by atoms with E-state index < -0.39 is 0 Å². The van der Waals surface area contributed by atoms with Crippen LogP contribution >= 0.6 is 0 Å². The molecule has 1 unspecified atom stereocenters. The summed E-state index contributed by atoms with van der Waals surface area (Å²) in [6.07, 6.45) is 5.12. The smallest absolute Gasteiger partial charge is 0.120 e. The number of carbonyl (C=O) groups is 1. The van der Waals surface area contributed by atoms with Crippen LogP contribution in [0.5, 0.6) is 0 Å². The van der Waals surface area contributed by atoms with Gasteiger partial charge in [-0.05, 0) is 39.3 Å². The largest absolute Gasteiger partial charge is 0.303 e. The number of aldehydes is 1. The zero-order valence-corrected chi connectivity index (χ0v) is 9.25. The number of hydrogen-bond acceptors (Lipinski definition) is 2. The second-order valence-electron chi connectivity index (χ2n) is 3.63. The van der Waals surface area contributed by atoms with Crippen LogP contribution in [0.2, 0.25) is 0 Å². The van der Waals surface area contributed by atoms with E-state index in [9.17, 15) is 4.79 Å². The topological polar surface area (TPSA) is 20.3 Å². The van der Waals surface area contributed by atoms with E-state index in [0.717, 1.165) is 25.8 Å². The van der Waals surface area contributed by atoms with E-state index in [0.29, 0.717) is 12.5 Å². The molecule has 0 spiro atoms. The first kappa shape index (κ1) is 12.6. The fourth-order valence-corrected chi connectivity index (χ4v) is 1.62. The Balaban J connectivity index is 3.78. The van der Waals surface area contributed by atoms with Gasteiger partial charge in [0.15, 0.2) is 0 Å². The lowest BCUT2D eigenvalue weighted by Gasteiger charge is -2.27. The van der Waals surface area contributed by atoms with Crippen LogP contribution in [0, 0.1) is 0 Å². The molecule has 0 aliphatic carbocycles. The Labute approximate surface area is 82.3 Å². The highest BCUT2D eigenvalue weighted by molar-refractivity contribution is 5.49. The lowest BCUT2D eigenvalue weighted by molar-refractivity contribution is -0.108. The standard InChI is InChI=1S/C11H23NO/c1-4-8-12(9-5-2)11(3)7-6-10-13/h10-11H,4-9H2,1-3H3. The summed E-state index contributed by atoms with van der Waals surface area (Å²) in [5.41, 5.74) is 0. The normalized spacial score (nSPS) is 13.2. The molecule has 0 rings (SSSR count). The van der Waals surface area contributed by atoms with Gasteiger partial charge in [-0.15, -0.1) is 0 Å². The summed E-state index contributed by atoms with van der Waals surface area (Å²) in [6.45, 7) is 8.95. The van der Waals surface area contributed by atoms with Crippen molar-refractivity contribution in [1.29, 1.82) is 0 Å². The number of nitrogens with zero attached hydrogens (tertiary/aromatic N) is 1. The Morgan fingerprint density at radius 3 is 2.15 bits per heavy atom. The third kappa shape index (κ3) is 5.81. The minimum absolute atomic E-state index is 0.560. The van der Waals surface area contributed by atoms with Gasteiger partial charge < -0.3 is 9.69 Å². The lowest BCUT2D eigenvalue weighted by Crippen LogP contribution is -2.34. The molecule has 0 saturated carbocycles. The van der Waals surface area contributed by atoms with Crippen molar-refractivity contribution in [1.82, 2.24) is 4.90 Å². The molecule has 0 bridgehead atoms. The molecule has 0 aromatic heterocycles. The molecule has 2 heteroatoms. The minimum Gasteiger partial charge on any atom is -0.303 e. The van der Waals surface area contributed by atoms with Crippen molar-refractivity contribution in [3.63, 3.8) is 0 Å². The highest BCUT2D eigenvalue weighted by Crippen LogP contribution is 2.07. The average Bonchev–Trinajstić information content (AvgIpc) is 2.14. The summed E-state index contributed by atoms with van der Waals surface area (Å²) < 4.78 is 0. The molecule has 0 N–H and O–H groups in total. The van der Waals surface area contributed by atoms with E-state index in [1.807, 2.05) is 0 Å². The first-order valence-corrected chi connectivity index (χ1v) is 5.43. The molecular weight excluding hydrogens is 162 g/mol. The Morgan fingerprint density at radius 2 is 1.77 bits per heavy atom. The van der Waals surface area contributed by atoms with Gasteiger partial charge in [-0.25, -0.2) is 0 Å². The van der Waals surface area contributed by atoms with Crippen molar-refractivity contribution in [3.8, 4) is 0 Å². The van der Waals surface area contributed by atoms with Crippen molar-refractivity contribution in [2.45, 2.75) is 52.5 Å². The molecule has 2 nitrogen and oxygen atoms in total. The van der Waals surface area contributed by atoms with Crippen LogP contribution < -0.4 is 0 Å². The van der Waals surface area contributed by atoms with Gasteiger partial charge in [-0.3, -0.25) is 0 Å². The molecule has 0 saturated heterocycles. The Morgan fingerprint density at radius 1 is 1.23 bits per heavy atom. The van der Waals surface area contributed by atoms with Crippen molar-refractivity contribution in [2.24, 2.45) is 0 Å². The molecule has 0 fully saturated rings. The number of rotatable bonds is 8. The average molecular weight is 185 g/mol. The molecule has 0 aliphatic rings. The molecule has 0 radical (unpaired) electrons. The fourth-order valence-electron chi connectivity index (χ4n) is 1.62. The summed E-state index contributed by atoms with van der Waals surface area (Å²) >= 11 is 0. The first-order valence-electron chi connectivity index (χ1n) is 5.43. The molecule has 78 valence electrons. The van der Waals surface area contributed by atoms with Crippen molar-refractivity contribution in [3.05, 3.63) is 0 Å². The summed E-state index contributed by atoms with van der Waals surface area (Å²) in [5.74, 6) is 0. The van der Waals surface area contributed by atoms with Crippen LogP contribution in [0.1, 0.15) is 46.5 Å². The second-order valence-corrected chi connectivity index (χ2v) is 3.63. The molecule has 0 aliphatic heterocycles. The zero-order valence-electron chi connectivity index (χ0n) is 9.25. The van der Waals surface area contributed by atoms with E-state index in [2.05, 4.69) is 25.7 Å². The third-order valence-electron chi connectivity index (χ3n) is 2.35. The second kappa shape index (κ2) is 8.24. The van der Waals surface area contributed by atoms with Crippen LogP contribution in [-0.2, 0) is 4.79 Å². The highest BCUT2D eigenvalue weighted by atomic mass is 16.1. The lowest BCUT2D eigenvalue weighted by atomic mass is 10.1. The molecule has 0 aromatic carbocycles. The van der Waals surface area contributed by atoms with Crippen LogP contribution in [0.25, 0.3) is 0 Å². The van der Waals surface area contributed by atoms with Crippen LogP contribution in [0.15, 0.2) is 0 Å². The highest BCUT2D eigenvalue weighted by Gasteiger charge is 2.10. The predicted octanol–water partition coefficient (Wildman–Crippen LogP) is 2.48. The van der Waals surface area contributed by atoms with Gasteiger partial charge in [0.2, 0.25) is 0 Å². The summed E-state index contributed by atoms with van der Waals surface area (Å²) in [5, 5.41) is 0. The monoisotopic (exact) mass is 185 g/mol. The predicted molar refractivity (Wildman–Crippen MR) is 56.9 cm³/mol. The molecule has 0 amide bonds. The number of hydrogen-bond donors (Lipinski definition) is 0. The van der Waals surface area contributed by atoms with Crippen molar-refractivity contribution < 1.29 is 4.79 Å². The van der Waals surface area contributed by atoms with Crippen molar-refractivity contribution in [2.75, 3.05) is 13.1 Å². The molecule has 13 heavy (non-hydrogen) atoms. The SMILES string of the molecule is CCCN(CCC)C(C)CCC=O. The Bertz CT molecular complexity index is 119. The maximum Gasteiger partial charge on any atom is 0.120 e. The van der Waals surface area contributed by atoms with Gasteiger partial charge in [0, 0.05) is 12.5 Å². The van der Waals surface area contributed by atoms with Crippen LogP contribution in [0.3, 0.4) is 0 Å². The molecular formula is C11H23NO. The van der Waals surface area contributed by atoms with Gasteiger partial charge in [-0.2, -0.15) is 0 Å². The van der Waals surface area contributed by atoms with Gasteiger partial charge in [0.1, 0.15) is 6.29 Å². The van der Waals surface area contributed by atoms with E-state index in [1.165, 1.54) is 12.8 Å². The number of carbonyl (C=O) groups excluding carboxylic acids is 1. The summed E-state index contributed by atoms with van der Waals surface area (Å²) in [7, 11) is 0. The van der Waals surface area contributed by atoms with Crippen molar-refractivity contribution >= 4 is 6.29 Å². The maximum atomic E-state index is 10.2. The fraction of sp³-hybridized carbons (Fsp3) is 0.909. The van der Waals surface area contributed by atoms with Crippen LogP contribution in [0.4, 0.5) is 0 Å². The first-order chi connectivity index (χ1) is 6.26. The molecule has 0 heterocycles. The van der Waals surface area contributed by atoms with E-state index >= 15 is 0 Å². The Hall–Kier alpha value is -0.370. The van der Waals surface area contributed by atoms with E-state index in [-0.39, 0.29) is 0 Å². The zero-order chi connectivity index (χ0) is 10.1. The Kier molecular flexibility index (Phi) is 8.00. The quantitative estimate of drug-likeness (QED) is 0.541. The van der Waals surface area contributed by atoms with Gasteiger partial charge in [0.25, 0.3) is 0 Å². The molecule has 0 aromatic rings. The van der Waals surface area contributed by atoms with Gasteiger partial charge in [-0.1, -0.05) is 13.8 Å². The molecule has 1 atom stereocenters. The van der Waals surface area contributed by atoms with E-state index in [4.69, 9.17) is 0 Å². The van der Waals surface area contributed by atoms with Gasteiger partial charge >= 0.3 is 0 Å². The van der Waals surface area contributed by atoms with Crippen LogP contribution in [-0.4, -0.2) is 30.3 Å². The summed E-state index contributed by atoms with van der Waals surface area (Å²) in [6, 6.07) is 0.560. The van der Waals surface area contributed by atoms with Gasteiger partial charge in [0.05, 0.1) is 0 Å². The third-order valence-corrected chi connectivity index (χ3v) is 2.35. The minimum atomic E-state index is 0.560. The maximum absolute atomic E-state index is 10.2.